The van der Waals surface area contributed by atoms with E-state index >= 15 is 0 Å². The van der Waals surface area contributed by atoms with Crippen LogP contribution in [0.2, 0.25) is 0 Å². The standard InChI is InChI=1S/C20H21N3O5S/c1-21-17-8-15(5-6-18(17)28-12-20(21)25)29(26,27)22-9-13-7-14(11-22)16-3-2-4-19(24)23(16)10-13/h2-6,8,13-14H,7,9-12H2,1H3. The summed E-state index contributed by atoms with van der Waals surface area (Å²) in [6, 6.07) is 9.83. The van der Waals surface area contributed by atoms with E-state index in [-0.39, 0.29) is 34.8 Å². The lowest BCUT2D eigenvalue weighted by molar-refractivity contribution is -0.120. The number of amides is 1. The smallest absolute Gasteiger partial charge is 0.264 e. The Kier molecular flexibility index (Phi) is 4.08. The molecule has 0 spiro atoms. The zero-order chi connectivity index (χ0) is 20.3. The molecule has 8 nitrogen and oxygen atoms in total. The molecule has 2 bridgehead atoms. The fraction of sp³-hybridized carbons (Fsp3) is 0.400. The van der Waals surface area contributed by atoms with Crippen LogP contribution in [0.3, 0.4) is 0 Å². The van der Waals surface area contributed by atoms with Crippen molar-refractivity contribution in [1.29, 1.82) is 0 Å². The van der Waals surface area contributed by atoms with E-state index < -0.39 is 10.0 Å². The summed E-state index contributed by atoms with van der Waals surface area (Å²) in [7, 11) is -2.13. The van der Waals surface area contributed by atoms with Crippen molar-refractivity contribution < 1.29 is 17.9 Å². The molecule has 9 heteroatoms. The predicted octanol–water partition coefficient (Wildman–Crippen LogP) is 1.01. The van der Waals surface area contributed by atoms with Gasteiger partial charge in [0.15, 0.2) is 6.61 Å². The third-order valence-corrected chi connectivity index (χ3v) is 7.93. The van der Waals surface area contributed by atoms with Crippen molar-refractivity contribution in [2.75, 3.05) is 31.6 Å². The van der Waals surface area contributed by atoms with E-state index in [1.807, 2.05) is 6.07 Å². The van der Waals surface area contributed by atoms with Gasteiger partial charge >= 0.3 is 0 Å². The molecule has 3 aliphatic heterocycles. The molecule has 0 radical (unpaired) electrons. The average Bonchev–Trinajstić information content (AvgIpc) is 2.71. The topological polar surface area (TPSA) is 88.9 Å². The SMILES string of the molecule is CN1C(=O)COc2ccc(S(=O)(=O)N3CC4CC(C3)c3cccc(=O)n3C4)cc21. The summed E-state index contributed by atoms with van der Waals surface area (Å²) in [4.78, 5) is 25.7. The van der Waals surface area contributed by atoms with E-state index in [0.29, 0.717) is 31.1 Å². The number of carbonyl (C=O) groups excluding carboxylic acids is 1. The molecule has 1 aromatic carbocycles. The van der Waals surface area contributed by atoms with Gasteiger partial charge in [0.25, 0.3) is 11.5 Å². The highest BCUT2D eigenvalue weighted by Gasteiger charge is 2.40. The number of pyridine rings is 1. The summed E-state index contributed by atoms with van der Waals surface area (Å²) in [6.45, 7) is 1.20. The first-order valence-corrected chi connectivity index (χ1v) is 11.0. The van der Waals surface area contributed by atoms with Gasteiger partial charge in [0.2, 0.25) is 10.0 Å². The minimum absolute atomic E-state index is 0.00335. The summed E-state index contributed by atoms with van der Waals surface area (Å²) in [5.41, 5.74) is 1.32. The van der Waals surface area contributed by atoms with Crippen LogP contribution < -0.4 is 15.2 Å². The molecule has 1 saturated heterocycles. The number of fused-ring (bicyclic) bond motifs is 5. The van der Waals surface area contributed by atoms with Crippen LogP contribution in [0.5, 0.6) is 5.75 Å². The summed E-state index contributed by atoms with van der Waals surface area (Å²) >= 11 is 0. The number of anilines is 1. The van der Waals surface area contributed by atoms with Crippen LogP contribution in [0.4, 0.5) is 5.69 Å². The van der Waals surface area contributed by atoms with Crippen LogP contribution in [-0.2, 0) is 21.4 Å². The van der Waals surface area contributed by atoms with E-state index in [9.17, 15) is 18.0 Å². The van der Waals surface area contributed by atoms with E-state index in [0.717, 1.165) is 12.1 Å². The van der Waals surface area contributed by atoms with Crippen molar-refractivity contribution in [2.45, 2.75) is 23.8 Å². The molecule has 0 saturated carbocycles. The van der Waals surface area contributed by atoms with E-state index in [1.54, 1.807) is 29.8 Å². The number of carbonyl (C=O) groups is 1. The maximum absolute atomic E-state index is 13.4. The monoisotopic (exact) mass is 415 g/mol. The second-order valence-corrected chi connectivity index (χ2v) is 9.83. The van der Waals surface area contributed by atoms with Gasteiger partial charge in [-0.15, -0.1) is 0 Å². The van der Waals surface area contributed by atoms with E-state index in [4.69, 9.17) is 4.74 Å². The Morgan fingerprint density at radius 1 is 1.07 bits per heavy atom. The molecule has 4 heterocycles. The van der Waals surface area contributed by atoms with Crippen LogP contribution in [0, 0.1) is 5.92 Å². The molecule has 152 valence electrons. The Balaban J connectivity index is 1.49. The second kappa shape index (κ2) is 6.43. The number of aromatic nitrogens is 1. The lowest BCUT2D eigenvalue weighted by Gasteiger charge is -2.42. The van der Waals surface area contributed by atoms with E-state index in [2.05, 4.69) is 0 Å². The lowest BCUT2D eigenvalue weighted by atomic mass is 9.84. The maximum Gasteiger partial charge on any atom is 0.264 e. The number of ether oxygens (including phenoxy) is 1. The Hall–Kier alpha value is -2.65. The number of rotatable bonds is 2. The Bertz CT molecular complexity index is 1170. The van der Waals surface area contributed by atoms with Gasteiger partial charge in [-0.1, -0.05) is 6.07 Å². The number of hydrogen-bond donors (Lipinski definition) is 0. The van der Waals surface area contributed by atoms with Crippen LogP contribution in [0.1, 0.15) is 18.0 Å². The van der Waals surface area contributed by atoms with Crippen molar-refractivity contribution in [1.82, 2.24) is 8.87 Å². The van der Waals surface area contributed by atoms with Crippen LogP contribution in [0.25, 0.3) is 0 Å². The van der Waals surface area contributed by atoms with Crippen LogP contribution in [0.15, 0.2) is 46.1 Å². The van der Waals surface area contributed by atoms with Gasteiger partial charge in [-0.2, -0.15) is 4.31 Å². The summed E-state index contributed by atoms with van der Waals surface area (Å²) in [5, 5.41) is 0. The summed E-state index contributed by atoms with van der Waals surface area (Å²) in [6.07, 6.45) is 0.880. The van der Waals surface area contributed by atoms with Crippen molar-refractivity contribution in [3.8, 4) is 5.75 Å². The Morgan fingerprint density at radius 2 is 1.90 bits per heavy atom. The quantitative estimate of drug-likeness (QED) is 0.731. The molecule has 2 aromatic rings. The van der Waals surface area contributed by atoms with Gasteiger partial charge in [-0.25, -0.2) is 8.42 Å². The van der Waals surface area contributed by atoms with Crippen LogP contribution in [-0.4, -0.2) is 49.9 Å². The Labute approximate surface area is 168 Å². The number of nitrogens with zero attached hydrogens (tertiary/aromatic N) is 3. The largest absolute Gasteiger partial charge is 0.482 e. The average molecular weight is 415 g/mol. The molecule has 0 aliphatic carbocycles. The molecule has 1 fully saturated rings. The van der Waals surface area contributed by atoms with Crippen molar-refractivity contribution in [3.05, 3.63) is 52.4 Å². The minimum atomic E-state index is -3.74. The number of piperidine rings is 1. The first-order chi connectivity index (χ1) is 13.8. The number of hydrogen-bond acceptors (Lipinski definition) is 5. The molecule has 2 atom stereocenters. The number of benzene rings is 1. The normalized spacial score (nSPS) is 23.9. The number of likely N-dealkylation sites (N-methyl/N-ethyl adjacent to an activating group) is 1. The highest BCUT2D eigenvalue weighted by Crippen LogP contribution is 2.39. The van der Waals surface area contributed by atoms with Crippen molar-refractivity contribution >= 4 is 21.6 Å². The molecule has 5 rings (SSSR count). The molecular formula is C20H21N3O5S. The molecule has 3 aliphatic rings. The first-order valence-electron chi connectivity index (χ1n) is 9.58. The zero-order valence-electron chi connectivity index (χ0n) is 15.9. The minimum Gasteiger partial charge on any atom is -0.482 e. The first kappa shape index (κ1) is 18.4. The summed E-state index contributed by atoms with van der Waals surface area (Å²) in [5.74, 6) is 0.370. The molecule has 2 unspecified atom stereocenters. The fourth-order valence-corrected chi connectivity index (χ4v) is 6.19. The van der Waals surface area contributed by atoms with Gasteiger partial charge in [-0.05, 0) is 36.6 Å². The lowest BCUT2D eigenvalue weighted by Crippen LogP contribution is -2.49. The van der Waals surface area contributed by atoms with Crippen LogP contribution >= 0.6 is 0 Å². The predicted molar refractivity (Wildman–Crippen MR) is 106 cm³/mol. The molecule has 29 heavy (non-hydrogen) atoms. The van der Waals surface area contributed by atoms with Crippen molar-refractivity contribution in [2.24, 2.45) is 5.92 Å². The Morgan fingerprint density at radius 3 is 2.72 bits per heavy atom. The summed E-state index contributed by atoms with van der Waals surface area (Å²) < 4.78 is 35.5. The highest BCUT2D eigenvalue weighted by atomic mass is 32.2. The van der Waals surface area contributed by atoms with Gasteiger partial charge in [0.1, 0.15) is 5.75 Å². The molecule has 1 aromatic heterocycles. The molecular weight excluding hydrogens is 394 g/mol. The zero-order valence-corrected chi connectivity index (χ0v) is 16.8. The third kappa shape index (κ3) is 2.87. The molecule has 1 amide bonds. The van der Waals surface area contributed by atoms with Gasteiger partial charge < -0.3 is 14.2 Å². The maximum atomic E-state index is 13.4. The van der Waals surface area contributed by atoms with Gasteiger partial charge in [0, 0.05) is 44.4 Å². The number of sulfonamides is 1. The van der Waals surface area contributed by atoms with E-state index in [1.165, 1.54) is 21.3 Å². The highest BCUT2D eigenvalue weighted by molar-refractivity contribution is 7.89. The second-order valence-electron chi connectivity index (χ2n) is 7.89. The third-order valence-electron chi connectivity index (χ3n) is 6.10. The van der Waals surface area contributed by atoms with Crippen molar-refractivity contribution in [3.63, 3.8) is 0 Å². The van der Waals surface area contributed by atoms with Gasteiger partial charge in [0.05, 0.1) is 10.6 Å². The van der Waals surface area contributed by atoms with Gasteiger partial charge in [-0.3, -0.25) is 9.59 Å². The fourth-order valence-electron chi connectivity index (χ4n) is 4.61. The molecule has 0 N–H and O–H groups in total.